The molecule has 0 aliphatic rings. The average molecular weight is 404 g/mol. The molecule has 2 rings (SSSR count). The second-order valence-corrected chi connectivity index (χ2v) is 6.01. The Kier molecular flexibility index (Phi) is 7.98. The number of carbonyl (C=O) groups is 2. The highest BCUT2D eigenvalue weighted by Crippen LogP contribution is 2.15. The monoisotopic (exact) mass is 403 g/mol. The zero-order chi connectivity index (χ0) is 20.4. The van der Waals surface area contributed by atoms with Crippen molar-refractivity contribution in [3.05, 3.63) is 75.3 Å². The molecule has 0 aromatic heterocycles. The molecule has 0 saturated heterocycles. The molecule has 0 heterocycles. The molecule has 0 fully saturated rings. The van der Waals surface area contributed by atoms with E-state index in [1.807, 2.05) is 0 Å². The van der Waals surface area contributed by atoms with E-state index in [1.165, 1.54) is 18.2 Å². The lowest BCUT2D eigenvalue weighted by atomic mass is 10.2. The van der Waals surface area contributed by atoms with Gasteiger partial charge in [-0.15, -0.1) is 0 Å². The van der Waals surface area contributed by atoms with Gasteiger partial charge in [0, 0.05) is 42.0 Å². The van der Waals surface area contributed by atoms with Crippen molar-refractivity contribution < 1.29 is 19.2 Å². The Morgan fingerprint density at radius 1 is 1.14 bits per heavy atom. The van der Waals surface area contributed by atoms with E-state index in [0.717, 1.165) is 5.56 Å². The molecule has 0 unspecified atom stereocenters. The Labute approximate surface area is 166 Å². The number of esters is 1. The summed E-state index contributed by atoms with van der Waals surface area (Å²) in [5.41, 5.74) is 1.44. The highest BCUT2D eigenvalue weighted by Gasteiger charge is 2.05. The van der Waals surface area contributed by atoms with Crippen molar-refractivity contribution in [1.29, 1.82) is 0 Å². The van der Waals surface area contributed by atoms with E-state index >= 15 is 0 Å². The molecule has 0 radical (unpaired) electrons. The van der Waals surface area contributed by atoms with Crippen molar-refractivity contribution in [2.24, 2.45) is 0 Å². The minimum atomic E-state index is -0.640. The Morgan fingerprint density at radius 2 is 1.89 bits per heavy atom. The van der Waals surface area contributed by atoms with E-state index in [-0.39, 0.29) is 5.69 Å². The number of hydrogen-bond donors (Lipinski definition) is 2. The molecule has 1 amide bonds. The van der Waals surface area contributed by atoms with Gasteiger partial charge in [0.05, 0.1) is 4.92 Å². The van der Waals surface area contributed by atoms with Crippen molar-refractivity contribution in [2.45, 2.75) is 0 Å². The summed E-state index contributed by atoms with van der Waals surface area (Å²) in [6.45, 7) is 0.314. The molecule has 0 bridgehead atoms. The van der Waals surface area contributed by atoms with E-state index in [1.54, 1.807) is 42.5 Å². The van der Waals surface area contributed by atoms with Gasteiger partial charge in [-0.25, -0.2) is 4.79 Å². The van der Waals surface area contributed by atoms with Crippen LogP contribution in [-0.2, 0) is 14.3 Å². The quantitative estimate of drug-likeness (QED) is 0.219. The van der Waals surface area contributed by atoms with Gasteiger partial charge in [0.15, 0.2) is 6.61 Å². The molecule has 2 aromatic rings. The van der Waals surface area contributed by atoms with Crippen LogP contribution in [0.4, 0.5) is 11.4 Å². The third-order valence-corrected chi connectivity index (χ3v) is 3.70. The number of non-ortho nitro benzene ring substituents is 1. The number of benzene rings is 2. The third kappa shape index (κ3) is 7.46. The van der Waals surface area contributed by atoms with Crippen molar-refractivity contribution >= 4 is 40.9 Å². The van der Waals surface area contributed by atoms with Crippen molar-refractivity contribution in [2.75, 3.05) is 25.0 Å². The van der Waals surface area contributed by atoms with Crippen molar-refractivity contribution in [3.63, 3.8) is 0 Å². The van der Waals surface area contributed by atoms with E-state index < -0.39 is 23.4 Å². The van der Waals surface area contributed by atoms with Crippen LogP contribution in [0.15, 0.2) is 54.6 Å². The fraction of sp³-hybridized carbons (Fsp3) is 0.158. The zero-order valence-electron chi connectivity index (χ0n) is 14.8. The zero-order valence-corrected chi connectivity index (χ0v) is 15.5. The topological polar surface area (TPSA) is 111 Å². The summed E-state index contributed by atoms with van der Waals surface area (Å²) >= 11 is 5.85. The summed E-state index contributed by atoms with van der Waals surface area (Å²) in [5, 5.41) is 16.7. The number of rotatable bonds is 9. The molecule has 0 saturated carbocycles. The molecule has 2 aromatic carbocycles. The molecule has 0 atom stereocenters. The number of nitro benzene ring substituents is 1. The molecule has 146 valence electrons. The van der Waals surface area contributed by atoms with E-state index in [2.05, 4.69) is 10.6 Å². The number of ether oxygens (including phenoxy) is 1. The van der Waals surface area contributed by atoms with Gasteiger partial charge < -0.3 is 15.4 Å². The van der Waals surface area contributed by atoms with Crippen LogP contribution < -0.4 is 10.6 Å². The highest BCUT2D eigenvalue weighted by molar-refractivity contribution is 6.30. The Hall–Kier alpha value is -3.39. The average Bonchev–Trinajstić information content (AvgIpc) is 2.68. The maximum absolute atomic E-state index is 11.7. The fourth-order valence-electron chi connectivity index (χ4n) is 2.12. The predicted molar refractivity (Wildman–Crippen MR) is 106 cm³/mol. The second-order valence-electron chi connectivity index (χ2n) is 5.58. The van der Waals surface area contributed by atoms with Crippen LogP contribution in [0, 0.1) is 10.1 Å². The minimum Gasteiger partial charge on any atom is -0.452 e. The summed E-state index contributed by atoms with van der Waals surface area (Å²) in [7, 11) is 0. The van der Waals surface area contributed by atoms with Crippen molar-refractivity contribution in [1.82, 2.24) is 5.32 Å². The summed E-state index contributed by atoms with van der Waals surface area (Å²) < 4.78 is 4.85. The number of carbonyl (C=O) groups excluding carboxylic acids is 2. The SMILES string of the molecule is O=C(COC(=O)/C=C/c1cccc(Cl)c1)NCCNc1ccc([N+](=O)[O-])cc1. The first kappa shape index (κ1) is 20.9. The standard InChI is InChI=1S/C19H18ClN3O5/c20-15-3-1-2-14(12-15)4-9-19(25)28-13-18(24)22-11-10-21-16-5-7-17(8-6-16)23(26)27/h1-9,12,21H,10-11,13H2,(H,22,24)/b9-4+. The third-order valence-electron chi connectivity index (χ3n) is 3.46. The molecule has 0 spiro atoms. The first-order valence-corrected chi connectivity index (χ1v) is 8.67. The second kappa shape index (κ2) is 10.7. The van der Waals surface area contributed by atoms with Crippen LogP contribution in [0.5, 0.6) is 0 Å². The first-order chi connectivity index (χ1) is 13.4. The van der Waals surface area contributed by atoms with Crippen LogP contribution in [0.25, 0.3) is 6.08 Å². The number of nitrogens with zero attached hydrogens (tertiary/aromatic N) is 1. The van der Waals surface area contributed by atoms with Gasteiger partial charge in [-0.3, -0.25) is 14.9 Å². The summed E-state index contributed by atoms with van der Waals surface area (Å²) in [5.74, 6) is -1.07. The smallest absolute Gasteiger partial charge is 0.331 e. The number of anilines is 1. The van der Waals surface area contributed by atoms with Gasteiger partial charge in [0.25, 0.3) is 11.6 Å². The van der Waals surface area contributed by atoms with Gasteiger partial charge >= 0.3 is 5.97 Å². The van der Waals surface area contributed by atoms with Gasteiger partial charge in [0.2, 0.25) is 0 Å². The van der Waals surface area contributed by atoms with Gasteiger partial charge in [0.1, 0.15) is 0 Å². The summed E-state index contributed by atoms with van der Waals surface area (Å²) in [6, 6.07) is 12.9. The van der Waals surface area contributed by atoms with E-state index in [4.69, 9.17) is 16.3 Å². The molecule has 2 N–H and O–H groups in total. The normalized spacial score (nSPS) is 10.5. The minimum absolute atomic E-state index is 0.00470. The molecule has 0 aliphatic carbocycles. The lowest BCUT2D eigenvalue weighted by molar-refractivity contribution is -0.384. The van der Waals surface area contributed by atoms with Crippen LogP contribution in [0.3, 0.4) is 0 Å². The van der Waals surface area contributed by atoms with Crippen molar-refractivity contribution in [3.8, 4) is 0 Å². The Morgan fingerprint density at radius 3 is 2.57 bits per heavy atom. The molecule has 28 heavy (non-hydrogen) atoms. The number of amides is 1. The first-order valence-electron chi connectivity index (χ1n) is 8.29. The largest absolute Gasteiger partial charge is 0.452 e. The van der Waals surface area contributed by atoms with Crippen LogP contribution in [0.2, 0.25) is 5.02 Å². The van der Waals surface area contributed by atoms with Crippen LogP contribution in [0.1, 0.15) is 5.56 Å². The molecule has 0 aliphatic heterocycles. The van der Waals surface area contributed by atoms with E-state index in [0.29, 0.717) is 23.8 Å². The van der Waals surface area contributed by atoms with Gasteiger partial charge in [-0.05, 0) is 35.9 Å². The maximum atomic E-state index is 11.7. The number of nitrogens with one attached hydrogen (secondary N) is 2. The number of halogens is 1. The lowest BCUT2D eigenvalue weighted by Gasteiger charge is -2.08. The lowest BCUT2D eigenvalue weighted by Crippen LogP contribution is -2.32. The molecular formula is C19H18ClN3O5. The van der Waals surface area contributed by atoms with Crippen LogP contribution in [-0.4, -0.2) is 36.5 Å². The molecule has 9 heteroatoms. The number of hydrogen-bond acceptors (Lipinski definition) is 6. The highest BCUT2D eigenvalue weighted by atomic mass is 35.5. The van der Waals surface area contributed by atoms with Gasteiger partial charge in [-0.1, -0.05) is 23.7 Å². The summed E-state index contributed by atoms with van der Waals surface area (Å²) in [6.07, 6.45) is 2.76. The maximum Gasteiger partial charge on any atom is 0.331 e. The van der Waals surface area contributed by atoms with Crippen LogP contribution >= 0.6 is 11.6 Å². The van der Waals surface area contributed by atoms with Gasteiger partial charge in [-0.2, -0.15) is 0 Å². The molecular weight excluding hydrogens is 386 g/mol. The predicted octanol–water partition coefficient (Wildman–Crippen LogP) is 3.03. The van der Waals surface area contributed by atoms with E-state index in [9.17, 15) is 19.7 Å². The number of nitro groups is 1. The fourth-order valence-corrected chi connectivity index (χ4v) is 2.32. The molecule has 8 nitrogen and oxygen atoms in total. The Balaban J connectivity index is 1.63. The summed E-state index contributed by atoms with van der Waals surface area (Å²) in [4.78, 5) is 33.4. The Bertz CT molecular complexity index is 868.